The summed E-state index contributed by atoms with van der Waals surface area (Å²) in [7, 11) is 1.24. The number of halogens is 1. The van der Waals surface area contributed by atoms with E-state index >= 15 is 0 Å². The number of ether oxygens (including phenoxy) is 1. The van der Waals surface area contributed by atoms with Crippen LogP contribution in [0.2, 0.25) is 0 Å². The van der Waals surface area contributed by atoms with E-state index in [9.17, 15) is 14.9 Å². The third kappa shape index (κ3) is 4.68. The number of rotatable bonds is 4. The number of hydrogen-bond donors (Lipinski definition) is 1. The number of benzene rings is 1. The number of esters is 1. The molecule has 102 valence electrons. The van der Waals surface area contributed by atoms with Gasteiger partial charge in [-0.1, -0.05) is 25.6 Å². The van der Waals surface area contributed by atoms with Crippen LogP contribution in [0.15, 0.2) is 24.3 Å². The van der Waals surface area contributed by atoms with Crippen LogP contribution in [0.25, 0.3) is 0 Å². The van der Waals surface area contributed by atoms with E-state index in [0.29, 0.717) is 5.56 Å². The summed E-state index contributed by atoms with van der Waals surface area (Å²) in [6, 6.07) is 5.35. The lowest BCUT2D eigenvalue weighted by Gasteiger charge is -2.10. The van der Waals surface area contributed by atoms with Gasteiger partial charge < -0.3 is 10.5 Å². The SMILES string of the molecule is C.COC(=O)CC(N)c1ccccc1[N+](=O)[O-].Cl. The van der Waals surface area contributed by atoms with Crippen molar-refractivity contribution in [2.45, 2.75) is 19.9 Å². The highest BCUT2D eigenvalue weighted by Crippen LogP contribution is 2.25. The van der Waals surface area contributed by atoms with Crippen LogP contribution in [0.4, 0.5) is 5.69 Å². The van der Waals surface area contributed by atoms with Crippen LogP contribution in [0, 0.1) is 10.1 Å². The summed E-state index contributed by atoms with van der Waals surface area (Å²) >= 11 is 0. The number of carbonyl (C=O) groups is 1. The molecule has 7 heteroatoms. The first-order valence-corrected chi connectivity index (χ1v) is 4.62. The van der Waals surface area contributed by atoms with Crippen molar-refractivity contribution in [1.82, 2.24) is 0 Å². The van der Waals surface area contributed by atoms with Gasteiger partial charge >= 0.3 is 5.97 Å². The van der Waals surface area contributed by atoms with Gasteiger partial charge in [-0.25, -0.2) is 0 Å². The number of nitro benzene ring substituents is 1. The third-order valence-corrected chi connectivity index (χ3v) is 2.15. The molecule has 0 aliphatic heterocycles. The van der Waals surface area contributed by atoms with E-state index in [0.717, 1.165) is 0 Å². The molecule has 0 spiro atoms. The highest BCUT2D eigenvalue weighted by Gasteiger charge is 2.20. The van der Waals surface area contributed by atoms with E-state index in [-0.39, 0.29) is 31.9 Å². The van der Waals surface area contributed by atoms with Gasteiger partial charge in [-0.2, -0.15) is 0 Å². The largest absolute Gasteiger partial charge is 0.469 e. The normalized spacial score (nSPS) is 10.6. The van der Waals surface area contributed by atoms with Crippen LogP contribution < -0.4 is 5.73 Å². The quantitative estimate of drug-likeness (QED) is 0.517. The first-order valence-electron chi connectivity index (χ1n) is 4.62. The maximum Gasteiger partial charge on any atom is 0.307 e. The second kappa shape index (κ2) is 8.43. The van der Waals surface area contributed by atoms with E-state index in [2.05, 4.69) is 4.74 Å². The summed E-state index contributed by atoms with van der Waals surface area (Å²) in [5.74, 6) is -0.495. The van der Waals surface area contributed by atoms with Crippen LogP contribution in [0.3, 0.4) is 0 Å². The zero-order valence-electron chi connectivity index (χ0n) is 9.16. The first-order chi connectivity index (χ1) is 7.56. The second-order valence-corrected chi connectivity index (χ2v) is 3.20. The fourth-order valence-corrected chi connectivity index (χ4v) is 1.34. The number of hydrogen-bond acceptors (Lipinski definition) is 5. The van der Waals surface area contributed by atoms with Gasteiger partial charge in [0.05, 0.1) is 18.5 Å². The Hall–Kier alpha value is -1.66. The van der Waals surface area contributed by atoms with Gasteiger partial charge in [0.25, 0.3) is 5.69 Å². The first kappa shape index (κ1) is 18.7. The lowest BCUT2D eigenvalue weighted by atomic mass is 10.0. The van der Waals surface area contributed by atoms with E-state index in [4.69, 9.17) is 5.73 Å². The zero-order valence-corrected chi connectivity index (χ0v) is 9.98. The summed E-state index contributed by atoms with van der Waals surface area (Å²) in [6.07, 6.45) is -0.0820. The minimum absolute atomic E-state index is 0. The molecule has 1 atom stereocenters. The van der Waals surface area contributed by atoms with Gasteiger partial charge in [-0.15, -0.1) is 12.4 Å². The Morgan fingerprint density at radius 2 is 2.06 bits per heavy atom. The molecule has 6 nitrogen and oxygen atoms in total. The summed E-state index contributed by atoms with van der Waals surface area (Å²) in [6.45, 7) is 0. The third-order valence-electron chi connectivity index (χ3n) is 2.15. The van der Waals surface area contributed by atoms with Crippen molar-refractivity contribution in [2.75, 3.05) is 7.11 Å². The number of nitrogens with two attached hydrogens (primary N) is 1. The number of carbonyl (C=O) groups excluding carboxylic acids is 1. The fraction of sp³-hybridized carbons (Fsp3) is 0.364. The Labute approximate surface area is 112 Å². The summed E-state index contributed by atoms with van der Waals surface area (Å²) < 4.78 is 4.45. The van der Waals surface area contributed by atoms with Gasteiger partial charge in [-0.3, -0.25) is 14.9 Å². The Bertz CT molecular complexity index is 412. The van der Waals surface area contributed by atoms with Crippen LogP contribution in [0.1, 0.15) is 25.5 Å². The number of para-hydroxylation sites is 1. The summed E-state index contributed by atoms with van der Waals surface area (Å²) in [4.78, 5) is 21.2. The minimum Gasteiger partial charge on any atom is -0.469 e. The van der Waals surface area contributed by atoms with Crippen molar-refractivity contribution in [3.05, 3.63) is 39.9 Å². The predicted molar refractivity (Wildman–Crippen MR) is 70.6 cm³/mol. The standard InChI is InChI=1S/C10H12N2O4.CH4.ClH/c1-16-10(13)6-8(11)7-4-2-3-5-9(7)12(14)15;;/h2-5,8H,6,11H2,1H3;1H4;1H. The van der Waals surface area contributed by atoms with Gasteiger partial charge in [0, 0.05) is 17.7 Å². The molecule has 0 aliphatic carbocycles. The Morgan fingerprint density at radius 1 is 1.50 bits per heavy atom. The molecule has 0 bridgehead atoms. The van der Waals surface area contributed by atoms with Gasteiger partial charge in [0.1, 0.15) is 0 Å². The molecule has 0 amide bonds. The monoisotopic (exact) mass is 276 g/mol. The Balaban J connectivity index is 0. The molecule has 0 saturated heterocycles. The van der Waals surface area contributed by atoms with E-state index < -0.39 is 16.9 Å². The molecule has 0 radical (unpaired) electrons. The molecular formula is C11H17ClN2O4. The van der Waals surface area contributed by atoms with Crippen LogP contribution in [0.5, 0.6) is 0 Å². The maximum absolute atomic E-state index is 11.0. The molecule has 18 heavy (non-hydrogen) atoms. The lowest BCUT2D eigenvalue weighted by molar-refractivity contribution is -0.385. The van der Waals surface area contributed by atoms with Gasteiger partial charge in [0.2, 0.25) is 0 Å². The molecule has 1 unspecified atom stereocenters. The molecular weight excluding hydrogens is 260 g/mol. The van der Waals surface area contributed by atoms with E-state index in [1.165, 1.54) is 19.2 Å². The van der Waals surface area contributed by atoms with Crippen LogP contribution in [-0.4, -0.2) is 18.0 Å². The smallest absolute Gasteiger partial charge is 0.307 e. The number of methoxy groups -OCH3 is 1. The van der Waals surface area contributed by atoms with Crippen LogP contribution >= 0.6 is 12.4 Å². The molecule has 0 aromatic heterocycles. The topological polar surface area (TPSA) is 95.5 Å². The average Bonchev–Trinajstić information content (AvgIpc) is 2.28. The fourth-order valence-electron chi connectivity index (χ4n) is 1.34. The highest BCUT2D eigenvalue weighted by atomic mass is 35.5. The summed E-state index contributed by atoms with van der Waals surface area (Å²) in [5.41, 5.74) is 5.95. The molecule has 1 aromatic rings. The van der Waals surface area contributed by atoms with Gasteiger partial charge in [-0.05, 0) is 0 Å². The molecule has 0 fully saturated rings. The summed E-state index contributed by atoms with van der Waals surface area (Å²) in [5, 5.41) is 10.7. The minimum atomic E-state index is -0.728. The van der Waals surface area contributed by atoms with E-state index in [1.54, 1.807) is 12.1 Å². The van der Waals surface area contributed by atoms with E-state index in [1.807, 2.05) is 0 Å². The van der Waals surface area contributed by atoms with Crippen LogP contribution in [-0.2, 0) is 9.53 Å². The van der Waals surface area contributed by atoms with Crippen molar-refractivity contribution < 1.29 is 14.5 Å². The van der Waals surface area contributed by atoms with Crippen molar-refractivity contribution in [2.24, 2.45) is 5.73 Å². The molecule has 0 heterocycles. The molecule has 0 aliphatic rings. The zero-order chi connectivity index (χ0) is 12.1. The molecule has 2 N–H and O–H groups in total. The number of nitrogens with zero attached hydrogens (tertiary/aromatic N) is 1. The predicted octanol–water partition coefficient (Wildman–Crippen LogP) is 2.22. The Kier molecular flexibility index (Phi) is 8.76. The van der Waals surface area contributed by atoms with Crippen molar-refractivity contribution in [3.63, 3.8) is 0 Å². The molecule has 1 aromatic carbocycles. The van der Waals surface area contributed by atoms with Crippen molar-refractivity contribution >= 4 is 24.1 Å². The molecule has 1 rings (SSSR count). The highest BCUT2D eigenvalue weighted by molar-refractivity contribution is 5.85. The molecule has 0 saturated carbocycles. The van der Waals surface area contributed by atoms with Gasteiger partial charge in [0.15, 0.2) is 0 Å². The lowest BCUT2D eigenvalue weighted by Crippen LogP contribution is -2.17. The Morgan fingerprint density at radius 3 is 2.56 bits per heavy atom. The maximum atomic E-state index is 11.0. The average molecular weight is 277 g/mol. The van der Waals surface area contributed by atoms with Crippen molar-refractivity contribution in [1.29, 1.82) is 0 Å². The van der Waals surface area contributed by atoms with Crippen molar-refractivity contribution in [3.8, 4) is 0 Å². The number of nitro groups is 1. The second-order valence-electron chi connectivity index (χ2n) is 3.20.